The Bertz CT molecular complexity index is 1190. The van der Waals surface area contributed by atoms with Gasteiger partial charge in [-0.3, -0.25) is 9.36 Å². The number of nitrogens with one attached hydrogen (secondary N) is 2. The molecule has 7 nitrogen and oxygen atoms in total. The van der Waals surface area contributed by atoms with Crippen molar-refractivity contribution < 1.29 is 4.79 Å². The van der Waals surface area contributed by atoms with Crippen molar-refractivity contribution in [1.82, 2.24) is 19.4 Å². The van der Waals surface area contributed by atoms with Crippen LogP contribution in [0.3, 0.4) is 0 Å². The first-order valence-electron chi connectivity index (χ1n) is 13.9. The van der Waals surface area contributed by atoms with Crippen molar-refractivity contribution in [2.24, 2.45) is 11.3 Å². The van der Waals surface area contributed by atoms with Crippen molar-refractivity contribution >= 4 is 34.4 Å². The summed E-state index contributed by atoms with van der Waals surface area (Å²) in [6.45, 7) is 17.1. The molecule has 2 unspecified atom stereocenters. The van der Waals surface area contributed by atoms with Crippen molar-refractivity contribution in [1.29, 1.82) is 0 Å². The van der Waals surface area contributed by atoms with E-state index >= 15 is 0 Å². The van der Waals surface area contributed by atoms with Gasteiger partial charge >= 0.3 is 0 Å². The van der Waals surface area contributed by atoms with Crippen LogP contribution in [0.25, 0.3) is 11.2 Å². The summed E-state index contributed by atoms with van der Waals surface area (Å²) in [7, 11) is 0. The lowest BCUT2D eigenvalue weighted by Crippen LogP contribution is -2.35. The maximum absolute atomic E-state index is 11.7. The van der Waals surface area contributed by atoms with Crippen LogP contribution in [0.15, 0.2) is 36.4 Å². The average molecular weight is 505 g/mol. The summed E-state index contributed by atoms with van der Waals surface area (Å²) in [5, 5.41) is 7.22. The highest BCUT2D eigenvalue weighted by Crippen LogP contribution is 2.39. The van der Waals surface area contributed by atoms with Gasteiger partial charge in [-0.25, -0.2) is 9.97 Å². The van der Waals surface area contributed by atoms with Crippen molar-refractivity contribution in [2.75, 3.05) is 30.3 Å². The predicted molar refractivity (Wildman–Crippen MR) is 154 cm³/mol. The second-order valence-electron chi connectivity index (χ2n) is 11.5. The Kier molecular flexibility index (Phi) is 8.53. The lowest BCUT2D eigenvalue weighted by Gasteiger charge is -2.39. The van der Waals surface area contributed by atoms with Crippen LogP contribution < -0.4 is 10.6 Å². The molecular formula is C30H44N6O. The minimum absolute atomic E-state index is 0.0650. The zero-order valence-corrected chi connectivity index (χ0v) is 23.5. The number of benzene rings is 1. The summed E-state index contributed by atoms with van der Waals surface area (Å²) in [6.07, 6.45) is 4.62. The molecule has 1 saturated carbocycles. The number of anilines is 3. The average Bonchev–Trinajstić information content (AvgIpc) is 3.17. The van der Waals surface area contributed by atoms with E-state index in [4.69, 9.17) is 9.97 Å². The number of nitrogens with zero attached hydrogens (tertiary/aromatic N) is 4. The minimum atomic E-state index is 0.0650. The second-order valence-corrected chi connectivity index (χ2v) is 11.5. The van der Waals surface area contributed by atoms with E-state index in [1.54, 1.807) is 6.92 Å². The van der Waals surface area contributed by atoms with Gasteiger partial charge in [0.1, 0.15) is 11.3 Å². The maximum Gasteiger partial charge on any atom is 0.209 e. The third-order valence-corrected chi connectivity index (χ3v) is 7.63. The topological polar surface area (TPSA) is 75.1 Å². The van der Waals surface area contributed by atoms with Gasteiger partial charge in [0.05, 0.1) is 0 Å². The van der Waals surface area contributed by atoms with Gasteiger partial charge in [0.2, 0.25) is 5.95 Å². The Hall–Kier alpha value is -2.93. The van der Waals surface area contributed by atoms with Crippen molar-refractivity contribution in [3.8, 4) is 0 Å². The number of aromatic nitrogens is 3. The summed E-state index contributed by atoms with van der Waals surface area (Å²) < 4.78 is 2.20. The van der Waals surface area contributed by atoms with E-state index in [2.05, 4.69) is 66.9 Å². The van der Waals surface area contributed by atoms with Gasteiger partial charge in [-0.1, -0.05) is 34.6 Å². The van der Waals surface area contributed by atoms with Crippen LogP contribution in [0, 0.1) is 11.3 Å². The molecule has 2 heterocycles. The molecule has 4 rings (SSSR count). The highest BCUT2D eigenvalue weighted by Gasteiger charge is 2.32. The molecule has 1 fully saturated rings. The van der Waals surface area contributed by atoms with E-state index in [0.717, 1.165) is 67.6 Å². The number of ketones is 1. The number of imidazole rings is 1. The Morgan fingerprint density at radius 1 is 1.08 bits per heavy atom. The van der Waals surface area contributed by atoms with Crippen LogP contribution in [-0.4, -0.2) is 50.9 Å². The van der Waals surface area contributed by atoms with Gasteiger partial charge < -0.3 is 15.5 Å². The molecule has 0 aliphatic heterocycles. The Morgan fingerprint density at radius 3 is 2.46 bits per heavy atom. The number of carbonyl (C=O) groups excluding carboxylic acids is 1. The quantitative estimate of drug-likeness (QED) is 0.282. The normalized spacial score (nSPS) is 19.3. The summed E-state index contributed by atoms with van der Waals surface area (Å²) >= 11 is 0. The molecule has 2 aromatic heterocycles. The molecule has 0 radical (unpaired) electrons. The third kappa shape index (κ3) is 6.89. The fraction of sp³-hybridized carbons (Fsp3) is 0.567. The van der Waals surface area contributed by atoms with E-state index in [9.17, 15) is 4.79 Å². The highest BCUT2D eigenvalue weighted by molar-refractivity contribution is 5.94. The van der Waals surface area contributed by atoms with Gasteiger partial charge in [0, 0.05) is 23.8 Å². The molecule has 0 amide bonds. The van der Waals surface area contributed by atoms with Crippen LogP contribution >= 0.6 is 0 Å². The number of Topliss-reactive ketones (excluding diaryl/α,β-unsaturated/α-hetero) is 1. The molecule has 2 atom stereocenters. The van der Waals surface area contributed by atoms with Crippen LogP contribution in [0.4, 0.5) is 17.5 Å². The molecule has 1 aromatic carbocycles. The molecule has 0 bridgehead atoms. The van der Waals surface area contributed by atoms with Crippen LogP contribution in [0.1, 0.15) is 77.6 Å². The fourth-order valence-electron chi connectivity index (χ4n) is 5.96. The van der Waals surface area contributed by atoms with E-state index < -0.39 is 0 Å². The summed E-state index contributed by atoms with van der Waals surface area (Å²) in [5.41, 5.74) is 3.74. The van der Waals surface area contributed by atoms with Crippen LogP contribution in [0.2, 0.25) is 0 Å². The molecule has 7 heteroatoms. The van der Waals surface area contributed by atoms with Crippen molar-refractivity contribution in [3.63, 3.8) is 0 Å². The number of carbonyl (C=O) groups is 1. The lowest BCUT2D eigenvalue weighted by molar-refractivity contribution is 0.101. The number of aryl methyl sites for hydroxylation is 1. The fourth-order valence-corrected chi connectivity index (χ4v) is 5.96. The van der Waals surface area contributed by atoms with Crippen molar-refractivity contribution in [3.05, 3.63) is 42.0 Å². The molecule has 0 saturated heterocycles. The molecule has 0 spiro atoms. The summed E-state index contributed by atoms with van der Waals surface area (Å²) in [4.78, 5) is 24.1. The second kappa shape index (κ2) is 11.6. The van der Waals surface area contributed by atoms with Gasteiger partial charge in [-0.2, -0.15) is 0 Å². The standard InChI is InChI=1S/C30H44N6O/c1-7-35(8-2)16-9-17-36-28-26(33-29(36)32-24-12-10-23(11-13-24)22(4)37)14-15-27(34-28)31-25-18-21(3)19-30(5,6)20-25/h10-15,21,25H,7-9,16-20H2,1-6H3,(H,31,34)(H,32,33). The predicted octanol–water partition coefficient (Wildman–Crippen LogP) is 6.74. The smallest absolute Gasteiger partial charge is 0.209 e. The molecule has 37 heavy (non-hydrogen) atoms. The summed E-state index contributed by atoms with van der Waals surface area (Å²) in [5.74, 6) is 2.47. The largest absolute Gasteiger partial charge is 0.367 e. The van der Waals surface area contributed by atoms with Gasteiger partial charge in [0.25, 0.3) is 0 Å². The van der Waals surface area contributed by atoms with Crippen LogP contribution in [-0.2, 0) is 6.54 Å². The molecule has 3 aromatic rings. The Morgan fingerprint density at radius 2 is 1.81 bits per heavy atom. The lowest BCUT2D eigenvalue weighted by atomic mass is 9.70. The highest BCUT2D eigenvalue weighted by atomic mass is 16.1. The minimum Gasteiger partial charge on any atom is -0.367 e. The number of hydrogen-bond donors (Lipinski definition) is 2. The SMILES string of the molecule is CCN(CC)CCCn1c(Nc2ccc(C(C)=O)cc2)nc2ccc(NC3CC(C)CC(C)(C)C3)nc21. The van der Waals surface area contributed by atoms with E-state index in [1.807, 2.05) is 24.3 Å². The van der Waals surface area contributed by atoms with E-state index in [1.165, 1.54) is 12.8 Å². The molecule has 1 aliphatic rings. The Labute approximate surface area is 222 Å². The molecular weight excluding hydrogens is 460 g/mol. The molecule has 2 N–H and O–H groups in total. The molecule has 1 aliphatic carbocycles. The monoisotopic (exact) mass is 504 g/mol. The first kappa shape index (κ1) is 27.1. The zero-order chi connectivity index (χ0) is 26.6. The van der Waals surface area contributed by atoms with Gasteiger partial charge in [0.15, 0.2) is 11.4 Å². The number of hydrogen-bond acceptors (Lipinski definition) is 6. The number of fused-ring (bicyclic) bond motifs is 1. The number of rotatable bonds is 11. The van der Waals surface area contributed by atoms with Gasteiger partial charge in [-0.05, 0) is 100.0 Å². The van der Waals surface area contributed by atoms with Crippen molar-refractivity contribution in [2.45, 2.75) is 79.8 Å². The van der Waals surface area contributed by atoms with E-state index in [0.29, 0.717) is 22.9 Å². The molecule has 200 valence electrons. The summed E-state index contributed by atoms with van der Waals surface area (Å²) in [6, 6.07) is 12.1. The maximum atomic E-state index is 11.7. The zero-order valence-electron chi connectivity index (χ0n) is 23.5. The first-order chi connectivity index (χ1) is 17.7. The number of pyridine rings is 1. The first-order valence-corrected chi connectivity index (χ1v) is 13.9. The Balaban J connectivity index is 1.60. The third-order valence-electron chi connectivity index (χ3n) is 7.63. The van der Waals surface area contributed by atoms with E-state index in [-0.39, 0.29) is 5.78 Å². The van der Waals surface area contributed by atoms with Crippen LogP contribution in [0.5, 0.6) is 0 Å². The van der Waals surface area contributed by atoms with Gasteiger partial charge in [-0.15, -0.1) is 0 Å².